The van der Waals surface area contributed by atoms with Gasteiger partial charge in [-0.2, -0.15) is 16.3 Å². The Morgan fingerprint density at radius 3 is 3.21 bits per heavy atom. The van der Waals surface area contributed by atoms with E-state index in [1.54, 1.807) is 11.3 Å². The van der Waals surface area contributed by atoms with Crippen LogP contribution in [-0.2, 0) is 6.42 Å². The molecule has 0 aliphatic rings. The first kappa shape index (κ1) is 9.36. The molecular weight excluding hydrogens is 198 g/mol. The van der Waals surface area contributed by atoms with Crippen molar-refractivity contribution in [3.8, 4) is 11.4 Å². The van der Waals surface area contributed by atoms with Crippen molar-refractivity contribution < 1.29 is 4.52 Å². The van der Waals surface area contributed by atoms with Gasteiger partial charge < -0.3 is 9.84 Å². The first-order valence-corrected chi connectivity index (χ1v) is 5.34. The topological polar surface area (TPSA) is 51.0 Å². The third-order valence-corrected chi connectivity index (χ3v) is 2.52. The van der Waals surface area contributed by atoms with Gasteiger partial charge in [0.05, 0.1) is 0 Å². The van der Waals surface area contributed by atoms with Crippen LogP contribution < -0.4 is 5.32 Å². The first-order valence-electron chi connectivity index (χ1n) is 4.40. The molecule has 2 heterocycles. The van der Waals surface area contributed by atoms with Crippen LogP contribution in [0.1, 0.15) is 5.89 Å². The number of nitrogens with zero attached hydrogens (tertiary/aromatic N) is 2. The van der Waals surface area contributed by atoms with Crippen LogP contribution in [0.25, 0.3) is 11.4 Å². The monoisotopic (exact) mass is 209 g/mol. The average Bonchev–Trinajstić information content (AvgIpc) is 2.85. The van der Waals surface area contributed by atoms with Gasteiger partial charge >= 0.3 is 0 Å². The molecule has 74 valence electrons. The Balaban J connectivity index is 2.10. The fourth-order valence-electron chi connectivity index (χ4n) is 1.10. The van der Waals surface area contributed by atoms with E-state index in [0.717, 1.165) is 18.5 Å². The largest absolute Gasteiger partial charge is 0.339 e. The summed E-state index contributed by atoms with van der Waals surface area (Å²) < 4.78 is 5.09. The van der Waals surface area contributed by atoms with Crippen molar-refractivity contribution in [2.75, 3.05) is 13.6 Å². The van der Waals surface area contributed by atoms with E-state index in [0.29, 0.717) is 11.7 Å². The number of hydrogen-bond donors (Lipinski definition) is 1. The normalized spacial score (nSPS) is 10.6. The van der Waals surface area contributed by atoms with Crippen LogP contribution in [0.4, 0.5) is 0 Å². The van der Waals surface area contributed by atoms with Crippen molar-refractivity contribution in [3.05, 3.63) is 22.7 Å². The molecule has 2 rings (SSSR count). The van der Waals surface area contributed by atoms with Crippen LogP contribution in [0.15, 0.2) is 21.3 Å². The SMILES string of the molecule is CNCCc1nc(-c2ccsc2)no1. The maximum atomic E-state index is 5.09. The van der Waals surface area contributed by atoms with Crippen LogP contribution in [0.3, 0.4) is 0 Å². The standard InChI is InChI=1S/C9H11N3OS/c1-10-4-2-8-11-9(12-13-8)7-3-5-14-6-7/h3,5-6,10H,2,4H2,1H3. The highest BCUT2D eigenvalue weighted by Crippen LogP contribution is 2.18. The summed E-state index contributed by atoms with van der Waals surface area (Å²) in [4.78, 5) is 4.28. The molecule has 0 fully saturated rings. The van der Waals surface area contributed by atoms with Gasteiger partial charge in [-0.1, -0.05) is 5.16 Å². The third-order valence-electron chi connectivity index (χ3n) is 1.84. The highest BCUT2D eigenvalue weighted by molar-refractivity contribution is 7.08. The Hall–Kier alpha value is -1.20. The fourth-order valence-corrected chi connectivity index (χ4v) is 1.73. The zero-order valence-corrected chi connectivity index (χ0v) is 8.67. The minimum atomic E-state index is 0.678. The minimum Gasteiger partial charge on any atom is -0.339 e. The summed E-state index contributed by atoms with van der Waals surface area (Å²) >= 11 is 1.63. The number of rotatable bonds is 4. The molecule has 0 aromatic carbocycles. The van der Waals surface area contributed by atoms with Crippen LogP contribution in [-0.4, -0.2) is 23.7 Å². The van der Waals surface area contributed by atoms with Crippen LogP contribution in [0.5, 0.6) is 0 Å². The second kappa shape index (κ2) is 4.34. The van der Waals surface area contributed by atoms with Gasteiger partial charge in [0, 0.05) is 23.9 Å². The Kier molecular flexibility index (Phi) is 2.90. The van der Waals surface area contributed by atoms with E-state index in [-0.39, 0.29) is 0 Å². The van der Waals surface area contributed by atoms with Crippen molar-refractivity contribution in [1.29, 1.82) is 0 Å². The second-order valence-corrected chi connectivity index (χ2v) is 3.66. The van der Waals surface area contributed by atoms with Gasteiger partial charge in [-0.25, -0.2) is 0 Å². The van der Waals surface area contributed by atoms with Gasteiger partial charge in [-0.3, -0.25) is 0 Å². The van der Waals surface area contributed by atoms with E-state index >= 15 is 0 Å². The minimum absolute atomic E-state index is 0.678. The molecule has 0 saturated carbocycles. The summed E-state index contributed by atoms with van der Waals surface area (Å²) in [6.07, 6.45) is 0.771. The number of aromatic nitrogens is 2. The molecule has 1 N–H and O–H groups in total. The molecule has 2 aromatic heterocycles. The summed E-state index contributed by atoms with van der Waals surface area (Å²) in [5.41, 5.74) is 1.02. The Morgan fingerprint density at radius 1 is 1.57 bits per heavy atom. The van der Waals surface area contributed by atoms with Crippen molar-refractivity contribution in [2.45, 2.75) is 6.42 Å². The third kappa shape index (κ3) is 2.00. The van der Waals surface area contributed by atoms with Gasteiger partial charge in [0.25, 0.3) is 0 Å². The Labute approximate surface area is 86.0 Å². The molecule has 0 saturated heterocycles. The predicted octanol–water partition coefficient (Wildman–Crippen LogP) is 1.56. The predicted molar refractivity (Wildman–Crippen MR) is 55.2 cm³/mol. The molecule has 2 aromatic rings. The molecule has 5 heteroatoms. The van der Waals surface area contributed by atoms with Gasteiger partial charge in [0.2, 0.25) is 11.7 Å². The first-order chi connectivity index (χ1) is 6.90. The van der Waals surface area contributed by atoms with Gasteiger partial charge in [-0.05, 0) is 18.5 Å². The van der Waals surface area contributed by atoms with Crippen LogP contribution >= 0.6 is 11.3 Å². The van der Waals surface area contributed by atoms with Crippen molar-refractivity contribution >= 4 is 11.3 Å². The molecule has 0 bridgehead atoms. The van der Waals surface area contributed by atoms with Crippen molar-refractivity contribution in [2.24, 2.45) is 0 Å². The second-order valence-electron chi connectivity index (χ2n) is 2.88. The number of nitrogens with one attached hydrogen (secondary N) is 1. The lowest BCUT2D eigenvalue weighted by molar-refractivity contribution is 0.377. The Bertz CT molecular complexity index is 382. The molecule has 0 atom stereocenters. The lowest BCUT2D eigenvalue weighted by Gasteiger charge is -1.90. The molecule has 0 spiro atoms. The van der Waals surface area contributed by atoms with Crippen molar-refractivity contribution in [3.63, 3.8) is 0 Å². The number of thiophene rings is 1. The van der Waals surface area contributed by atoms with E-state index in [9.17, 15) is 0 Å². The lowest BCUT2D eigenvalue weighted by atomic mass is 10.3. The molecule has 0 radical (unpaired) electrons. The quantitative estimate of drug-likeness (QED) is 0.830. The van der Waals surface area contributed by atoms with Crippen LogP contribution in [0.2, 0.25) is 0 Å². The fraction of sp³-hybridized carbons (Fsp3) is 0.333. The molecule has 14 heavy (non-hydrogen) atoms. The molecule has 0 aliphatic carbocycles. The smallest absolute Gasteiger partial charge is 0.228 e. The summed E-state index contributed by atoms with van der Waals surface area (Å²) in [7, 11) is 1.90. The average molecular weight is 209 g/mol. The van der Waals surface area contributed by atoms with E-state index in [2.05, 4.69) is 15.5 Å². The summed E-state index contributed by atoms with van der Waals surface area (Å²) in [6, 6.07) is 1.98. The Morgan fingerprint density at radius 2 is 2.50 bits per heavy atom. The van der Waals surface area contributed by atoms with Crippen molar-refractivity contribution in [1.82, 2.24) is 15.5 Å². The summed E-state index contributed by atoms with van der Waals surface area (Å²) in [5.74, 6) is 1.36. The summed E-state index contributed by atoms with van der Waals surface area (Å²) in [5, 5.41) is 10.9. The number of likely N-dealkylation sites (N-methyl/N-ethyl adjacent to an activating group) is 1. The van der Waals surface area contributed by atoms with Gasteiger partial charge in [-0.15, -0.1) is 0 Å². The van der Waals surface area contributed by atoms with E-state index < -0.39 is 0 Å². The lowest BCUT2D eigenvalue weighted by Crippen LogP contribution is -2.10. The number of hydrogen-bond acceptors (Lipinski definition) is 5. The van der Waals surface area contributed by atoms with Gasteiger partial charge in [0.1, 0.15) is 0 Å². The molecule has 4 nitrogen and oxygen atoms in total. The van der Waals surface area contributed by atoms with E-state index in [4.69, 9.17) is 4.52 Å². The zero-order chi connectivity index (χ0) is 9.80. The zero-order valence-electron chi connectivity index (χ0n) is 7.86. The highest BCUT2D eigenvalue weighted by Gasteiger charge is 2.07. The van der Waals surface area contributed by atoms with Crippen LogP contribution in [0, 0.1) is 0 Å². The van der Waals surface area contributed by atoms with Gasteiger partial charge in [0.15, 0.2) is 0 Å². The molecular formula is C9H11N3OS. The molecule has 0 amide bonds. The molecule has 0 unspecified atom stereocenters. The molecule has 0 aliphatic heterocycles. The highest BCUT2D eigenvalue weighted by atomic mass is 32.1. The maximum absolute atomic E-state index is 5.09. The summed E-state index contributed by atoms with van der Waals surface area (Å²) in [6.45, 7) is 0.852. The van der Waals surface area contributed by atoms with E-state index in [1.807, 2.05) is 23.9 Å². The maximum Gasteiger partial charge on any atom is 0.228 e. The van der Waals surface area contributed by atoms with E-state index in [1.165, 1.54) is 0 Å².